The molecule has 0 aromatic carbocycles. The molecule has 168 valence electrons. The number of aliphatic imine (C=N–C) groups is 1. The molecule has 0 saturated carbocycles. The van der Waals surface area contributed by atoms with Crippen molar-refractivity contribution in [3.8, 4) is 0 Å². The number of aromatic nitrogens is 3. The summed E-state index contributed by atoms with van der Waals surface area (Å²) in [6, 6.07) is 0. The van der Waals surface area contributed by atoms with E-state index in [9.17, 15) is 0 Å². The van der Waals surface area contributed by atoms with Gasteiger partial charge in [0, 0.05) is 31.1 Å². The van der Waals surface area contributed by atoms with E-state index >= 15 is 0 Å². The number of H-pyrrole nitrogens is 1. The Bertz CT molecular complexity index is 651. The van der Waals surface area contributed by atoms with Crippen LogP contribution in [-0.4, -0.2) is 101 Å². The van der Waals surface area contributed by atoms with Crippen LogP contribution in [0.3, 0.4) is 0 Å². The molecule has 2 N–H and O–H groups in total. The van der Waals surface area contributed by atoms with Crippen LogP contribution in [0.4, 0.5) is 0 Å². The van der Waals surface area contributed by atoms with Crippen molar-refractivity contribution in [2.45, 2.75) is 63.3 Å². The van der Waals surface area contributed by atoms with Crippen molar-refractivity contribution < 1.29 is 0 Å². The van der Waals surface area contributed by atoms with Gasteiger partial charge in [-0.15, -0.1) is 0 Å². The number of aromatic amines is 1. The van der Waals surface area contributed by atoms with Gasteiger partial charge in [-0.2, -0.15) is 5.10 Å². The van der Waals surface area contributed by atoms with Crippen LogP contribution in [0.15, 0.2) is 11.3 Å². The SMILES string of the molecule is CCNC(=NCC1(N2CCCCC2)CCN(C)CC1)N1CCC(c2ncn[nH]2)CC1. The zero-order chi connectivity index (χ0) is 20.8. The van der Waals surface area contributed by atoms with Gasteiger partial charge in [-0.05, 0) is 78.7 Å². The molecule has 3 saturated heterocycles. The van der Waals surface area contributed by atoms with E-state index in [1.165, 1.54) is 58.3 Å². The van der Waals surface area contributed by atoms with Gasteiger partial charge in [-0.25, -0.2) is 4.98 Å². The van der Waals surface area contributed by atoms with E-state index < -0.39 is 0 Å². The van der Waals surface area contributed by atoms with Gasteiger partial charge in [0.05, 0.1) is 6.54 Å². The van der Waals surface area contributed by atoms with Crippen LogP contribution in [0, 0.1) is 0 Å². The van der Waals surface area contributed by atoms with E-state index in [4.69, 9.17) is 4.99 Å². The zero-order valence-corrected chi connectivity index (χ0v) is 18.9. The minimum Gasteiger partial charge on any atom is -0.357 e. The van der Waals surface area contributed by atoms with E-state index in [2.05, 4.69) is 49.2 Å². The Morgan fingerprint density at radius 3 is 2.50 bits per heavy atom. The fourth-order valence-electron chi connectivity index (χ4n) is 5.40. The van der Waals surface area contributed by atoms with Crippen LogP contribution in [-0.2, 0) is 0 Å². The quantitative estimate of drug-likeness (QED) is 0.564. The van der Waals surface area contributed by atoms with Gasteiger partial charge >= 0.3 is 0 Å². The monoisotopic (exact) mass is 416 g/mol. The Kier molecular flexibility index (Phi) is 7.25. The molecule has 0 amide bonds. The maximum absolute atomic E-state index is 5.26. The highest BCUT2D eigenvalue weighted by molar-refractivity contribution is 5.80. The Labute approximate surface area is 181 Å². The lowest BCUT2D eigenvalue weighted by molar-refractivity contribution is 0.0206. The van der Waals surface area contributed by atoms with Crippen molar-refractivity contribution in [2.75, 3.05) is 59.4 Å². The molecular weight excluding hydrogens is 376 g/mol. The summed E-state index contributed by atoms with van der Waals surface area (Å²) in [5.41, 5.74) is 0.242. The predicted molar refractivity (Wildman–Crippen MR) is 121 cm³/mol. The summed E-state index contributed by atoms with van der Waals surface area (Å²) < 4.78 is 0. The fourth-order valence-corrected chi connectivity index (χ4v) is 5.40. The minimum absolute atomic E-state index is 0.242. The van der Waals surface area contributed by atoms with E-state index in [0.29, 0.717) is 5.92 Å². The molecule has 0 radical (unpaired) electrons. The predicted octanol–water partition coefficient (Wildman–Crippen LogP) is 1.90. The first-order chi connectivity index (χ1) is 14.7. The highest BCUT2D eigenvalue weighted by atomic mass is 15.3. The molecule has 0 spiro atoms. The summed E-state index contributed by atoms with van der Waals surface area (Å²) in [6.45, 7) is 10.9. The second kappa shape index (κ2) is 10.1. The summed E-state index contributed by atoms with van der Waals surface area (Å²) in [5.74, 6) is 2.62. The highest BCUT2D eigenvalue weighted by Crippen LogP contribution is 2.32. The topological polar surface area (TPSA) is 75.7 Å². The van der Waals surface area contributed by atoms with Crippen molar-refractivity contribution in [1.29, 1.82) is 0 Å². The molecule has 1 aromatic heterocycles. The smallest absolute Gasteiger partial charge is 0.193 e. The number of guanidine groups is 1. The third-order valence-corrected chi connectivity index (χ3v) is 7.42. The second-order valence-corrected chi connectivity index (χ2v) is 9.38. The molecule has 8 nitrogen and oxygen atoms in total. The molecule has 0 bridgehead atoms. The van der Waals surface area contributed by atoms with Crippen molar-refractivity contribution >= 4 is 5.96 Å². The van der Waals surface area contributed by atoms with Crippen molar-refractivity contribution in [1.82, 2.24) is 35.2 Å². The third kappa shape index (κ3) is 4.97. The van der Waals surface area contributed by atoms with E-state index in [-0.39, 0.29) is 5.54 Å². The van der Waals surface area contributed by atoms with Crippen LogP contribution in [0.1, 0.15) is 63.6 Å². The van der Waals surface area contributed by atoms with E-state index in [1.807, 2.05) is 0 Å². The van der Waals surface area contributed by atoms with Gasteiger partial charge in [-0.3, -0.25) is 15.0 Å². The number of hydrogen-bond donors (Lipinski definition) is 2. The second-order valence-electron chi connectivity index (χ2n) is 9.38. The van der Waals surface area contributed by atoms with Gasteiger partial charge in [0.2, 0.25) is 0 Å². The lowest BCUT2D eigenvalue weighted by Gasteiger charge is -2.49. The van der Waals surface area contributed by atoms with E-state index in [0.717, 1.165) is 50.8 Å². The van der Waals surface area contributed by atoms with Crippen molar-refractivity contribution in [3.63, 3.8) is 0 Å². The van der Waals surface area contributed by atoms with E-state index in [1.54, 1.807) is 6.33 Å². The number of nitrogens with zero attached hydrogens (tertiary/aromatic N) is 6. The van der Waals surface area contributed by atoms with Crippen molar-refractivity contribution in [3.05, 3.63) is 12.2 Å². The molecule has 4 heterocycles. The minimum atomic E-state index is 0.242. The van der Waals surface area contributed by atoms with Crippen molar-refractivity contribution in [2.24, 2.45) is 4.99 Å². The van der Waals surface area contributed by atoms with Gasteiger partial charge in [0.25, 0.3) is 0 Å². The number of rotatable bonds is 5. The summed E-state index contributed by atoms with van der Waals surface area (Å²) >= 11 is 0. The average molecular weight is 417 g/mol. The Hall–Kier alpha value is -1.67. The summed E-state index contributed by atoms with van der Waals surface area (Å²) in [7, 11) is 2.26. The summed E-state index contributed by atoms with van der Waals surface area (Å²) in [4.78, 5) is 17.3. The van der Waals surface area contributed by atoms with Crippen LogP contribution in [0.25, 0.3) is 0 Å². The molecule has 4 rings (SSSR count). The summed E-state index contributed by atoms with van der Waals surface area (Å²) in [6.07, 6.45) is 10.4. The third-order valence-electron chi connectivity index (χ3n) is 7.42. The molecule has 1 aromatic rings. The Morgan fingerprint density at radius 1 is 1.13 bits per heavy atom. The maximum Gasteiger partial charge on any atom is 0.193 e. The summed E-state index contributed by atoms with van der Waals surface area (Å²) in [5, 5.41) is 10.7. The average Bonchev–Trinajstić information content (AvgIpc) is 3.34. The molecule has 3 aliphatic rings. The number of piperidine rings is 3. The first-order valence-electron chi connectivity index (χ1n) is 12.0. The molecule has 3 fully saturated rings. The van der Waals surface area contributed by atoms with Gasteiger partial charge in [-0.1, -0.05) is 6.42 Å². The molecule has 0 unspecified atom stereocenters. The van der Waals surface area contributed by atoms with Crippen LogP contribution in [0.2, 0.25) is 0 Å². The first kappa shape index (κ1) is 21.6. The Balaban J connectivity index is 1.43. The van der Waals surface area contributed by atoms with Crippen LogP contribution >= 0.6 is 0 Å². The Morgan fingerprint density at radius 2 is 1.87 bits per heavy atom. The largest absolute Gasteiger partial charge is 0.357 e. The fraction of sp³-hybridized carbons (Fsp3) is 0.864. The zero-order valence-electron chi connectivity index (χ0n) is 18.9. The molecule has 0 atom stereocenters. The van der Waals surface area contributed by atoms with Gasteiger partial charge < -0.3 is 15.1 Å². The highest BCUT2D eigenvalue weighted by Gasteiger charge is 2.39. The lowest BCUT2D eigenvalue weighted by Crippen LogP contribution is -2.58. The standard InChI is InChI=1S/C22H40N8/c1-3-23-21(29-13-7-19(8-14-29)20-25-18-26-27-20)24-17-22(9-15-28(2)16-10-22)30-11-5-4-6-12-30/h18-19H,3-17H2,1-2H3,(H,23,24)(H,25,26,27). The molecule has 3 aliphatic heterocycles. The molecule has 0 aliphatic carbocycles. The lowest BCUT2D eigenvalue weighted by atomic mass is 9.84. The number of hydrogen-bond acceptors (Lipinski definition) is 5. The van der Waals surface area contributed by atoms with Crippen LogP contribution in [0.5, 0.6) is 0 Å². The molecule has 30 heavy (non-hydrogen) atoms. The maximum atomic E-state index is 5.26. The van der Waals surface area contributed by atoms with Gasteiger partial charge in [0.1, 0.15) is 12.2 Å². The number of likely N-dealkylation sites (tertiary alicyclic amines) is 3. The van der Waals surface area contributed by atoms with Gasteiger partial charge in [0.15, 0.2) is 5.96 Å². The molecular formula is C22H40N8. The molecule has 8 heteroatoms. The normalized spacial score (nSPS) is 24.9. The van der Waals surface area contributed by atoms with Crippen LogP contribution < -0.4 is 5.32 Å². The number of nitrogens with one attached hydrogen (secondary N) is 2. The first-order valence-corrected chi connectivity index (χ1v) is 12.0.